The van der Waals surface area contributed by atoms with E-state index in [4.69, 9.17) is 16.3 Å². The van der Waals surface area contributed by atoms with Crippen molar-refractivity contribution in [2.45, 2.75) is 32.9 Å². The van der Waals surface area contributed by atoms with Crippen LogP contribution in [0.5, 0.6) is 0 Å². The van der Waals surface area contributed by atoms with Gasteiger partial charge in [-0.1, -0.05) is 23.7 Å². The Bertz CT molecular complexity index is 998. The van der Waals surface area contributed by atoms with Gasteiger partial charge in [-0.3, -0.25) is 4.79 Å². The Kier molecular flexibility index (Phi) is 6.11. The van der Waals surface area contributed by atoms with Gasteiger partial charge < -0.3 is 10.1 Å². The molecular formula is C19H19ClN4O3S. The zero-order valence-corrected chi connectivity index (χ0v) is 17.1. The average molecular weight is 419 g/mol. The van der Waals surface area contributed by atoms with Crippen LogP contribution in [0.15, 0.2) is 41.9 Å². The van der Waals surface area contributed by atoms with Gasteiger partial charge in [-0.25, -0.2) is 14.5 Å². The number of carbonyl (C=O) groups excluding carboxylic acids is 2. The third-order valence-corrected chi connectivity index (χ3v) is 4.98. The predicted molar refractivity (Wildman–Crippen MR) is 109 cm³/mol. The number of aromatic nitrogens is 3. The number of ether oxygens (including phenoxy) is 1. The molecule has 2 heterocycles. The summed E-state index contributed by atoms with van der Waals surface area (Å²) < 4.78 is 6.93. The van der Waals surface area contributed by atoms with Crippen LogP contribution in [-0.2, 0) is 9.53 Å². The number of nitrogens with zero attached hydrogens (tertiary/aromatic N) is 3. The first kappa shape index (κ1) is 20.0. The molecule has 0 bridgehead atoms. The summed E-state index contributed by atoms with van der Waals surface area (Å²) >= 11 is 7.29. The van der Waals surface area contributed by atoms with Gasteiger partial charge >= 0.3 is 5.97 Å². The molecule has 0 aliphatic carbocycles. The van der Waals surface area contributed by atoms with Crippen LogP contribution in [0.1, 0.15) is 37.3 Å². The minimum Gasteiger partial charge on any atom is -0.448 e. The van der Waals surface area contributed by atoms with Crippen molar-refractivity contribution in [1.29, 1.82) is 0 Å². The van der Waals surface area contributed by atoms with Crippen molar-refractivity contribution in [3.8, 4) is 10.6 Å². The Morgan fingerprint density at radius 2 is 2.04 bits per heavy atom. The fraction of sp³-hybridized carbons (Fsp3) is 0.263. The lowest BCUT2D eigenvalue weighted by molar-refractivity contribution is -0.123. The van der Waals surface area contributed by atoms with E-state index in [1.54, 1.807) is 34.5 Å². The lowest BCUT2D eigenvalue weighted by Gasteiger charge is -2.15. The molecular weight excluding hydrogens is 400 g/mol. The number of halogens is 1. The van der Waals surface area contributed by atoms with Gasteiger partial charge in [0.2, 0.25) is 0 Å². The molecule has 7 nitrogen and oxygen atoms in total. The van der Waals surface area contributed by atoms with Crippen molar-refractivity contribution >= 4 is 40.6 Å². The lowest BCUT2D eigenvalue weighted by Crippen LogP contribution is -2.31. The maximum Gasteiger partial charge on any atom is 0.358 e. The molecule has 0 unspecified atom stereocenters. The van der Waals surface area contributed by atoms with Crippen LogP contribution in [0.2, 0.25) is 5.02 Å². The van der Waals surface area contributed by atoms with Crippen LogP contribution in [0.4, 0.5) is 5.82 Å². The largest absolute Gasteiger partial charge is 0.448 e. The molecule has 28 heavy (non-hydrogen) atoms. The molecule has 2 aromatic heterocycles. The van der Waals surface area contributed by atoms with Crippen molar-refractivity contribution < 1.29 is 14.3 Å². The van der Waals surface area contributed by atoms with Crippen molar-refractivity contribution in [1.82, 2.24) is 14.8 Å². The number of esters is 1. The molecule has 0 fully saturated rings. The topological polar surface area (TPSA) is 86.1 Å². The normalized spacial score (nSPS) is 12.0. The molecule has 3 aromatic rings. The summed E-state index contributed by atoms with van der Waals surface area (Å²) in [6, 6.07) is 8.97. The number of carbonyl (C=O) groups is 2. The van der Waals surface area contributed by atoms with Crippen molar-refractivity contribution in [3.05, 3.63) is 52.6 Å². The second kappa shape index (κ2) is 8.53. The molecule has 0 saturated heterocycles. The Morgan fingerprint density at radius 1 is 1.25 bits per heavy atom. The van der Waals surface area contributed by atoms with Gasteiger partial charge in [0.1, 0.15) is 10.8 Å². The SMILES string of the molecule is CC(C)n1nccc1NC(=O)[C@H](C)OC(=O)c1csc(-c2cccc(Cl)c2)n1. The van der Waals surface area contributed by atoms with Gasteiger partial charge in [0.05, 0.1) is 6.20 Å². The molecule has 0 saturated carbocycles. The number of hydrogen-bond acceptors (Lipinski definition) is 6. The summed E-state index contributed by atoms with van der Waals surface area (Å²) in [5.41, 5.74) is 0.955. The van der Waals surface area contributed by atoms with Gasteiger partial charge in [0.15, 0.2) is 11.8 Å². The third-order valence-electron chi connectivity index (χ3n) is 3.85. The van der Waals surface area contributed by atoms with Crippen LogP contribution in [0.3, 0.4) is 0 Å². The average Bonchev–Trinajstić information content (AvgIpc) is 3.31. The van der Waals surface area contributed by atoms with Gasteiger partial charge in [0.25, 0.3) is 5.91 Å². The first-order valence-electron chi connectivity index (χ1n) is 8.62. The molecule has 0 aliphatic rings. The Labute approximate surface area is 171 Å². The molecule has 1 atom stereocenters. The van der Waals surface area contributed by atoms with Crippen LogP contribution in [-0.4, -0.2) is 32.7 Å². The van der Waals surface area contributed by atoms with Crippen molar-refractivity contribution in [3.63, 3.8) is 0 Å². The highest BCUT2D eigenvalue weighted by atomic mass is 35.5. The van der Waals surface area contributed by atoms with Crippen LogP contribution < -0.4 is 5.32 Å². The van der Waals surface area contributed by atoms with E-state index in [0.717, 1.165) is 5.56 Å². The molecule has 3 rings (SSSR count). The molecule has 1 aromatic carbocycles. The first-order chi connectivity index (χ1) is 13.3. The molecule has 1 amide bonds. The Balaban J connectivity index is 1.64. The van der Waals surface area contributed by atoms with E-state index in [1.165, 1.54) is 18.3 Å². The molecule has 0 radical (unpaired) electrons. The van der Waals surface area contributed by atoms with Gasteiger partial charge in [-0.2, -0.15) is 5.10 Å². The van der Waals surface area contributed by atoms with Gasteiger partial charge in [-0.15, -0.1) is 11.3 Å². The van der Waals surface area contributed by atoms with Crippen LogP contribution in [0, 0.1) is 0 Å². The van der Waals surface area contributed by atoms with Crippen molar-refractivity contribution in [2.24, 2.45) is 0 Å². The fourth-order valence-electron chi connectivity index (χ4n) is 2.45. The number of rotatable bonds is 6. The molecule has 1 N–H and O–H groups in total. The zero-order chi connectivity index (χ0) is 20.3. The zero-order valence-electron chi connectivity index (χ0n) is 15.5. The van der Waals surface area contributed by atoms with E-state index in [2.05, 4.69) is 15.4 Å². The summed E-state index contributed by atoms with van der Waals surface area (Å²) in [4.78, 5) is 29.0. The second-order valence-electron chi connectivity index (χ2n) is 6.34. The number of hydrogen-bond donors (Lipinski definition) is 1. The molecule has 146 valence electrons. The summed E-state index contributed by atoms with van der Waals surface area (Å²) in [6.45, 7) is 5.41. The lowest BCUT2D eigenvalue weighted by atomic mass is 10.2. The maximum atomic E-state index is 12.4. The summed E-state index contributed by atoms with van der Waals surface area (Å²) in [5.74, 6) is -0.564. The molecule has 0 aliphatic heterocycles. The summed E-state index contributed by atoms with van der Waals surface area (Å²) in [7, 11) is 0. The van der Waals surface area contributed by atoms with Crippen LogP contribution >= 0.6 is 22.9 Å². The number of anilines is 1. The number of benzene rings is 1. The quantitative estimate of drug-likeness (QED) is 0.598. The van der Waals surface area contributed by atoms with E-state index in [9.17, 15) is 9.59 Å². The number of nitrogens with one attached hydrogen (secondary N) is 1. The standard InChI is InChI=1S/C19H19ClN4O3S/c1-11(2)24-16(7-8-21-24)23-17(25)12(3)27-19(26)15-10-28-18(22-15)13-5-4-6-14(20)9-13/h4-12H,1-3H3,(H,23,25)/t12-/m0/s1. The maximum absolute atomic E-state index is 12.4. The highest BCUT2D eigenvalue weighted by Gasteiger charge is 2.22. The number of thiazole rings is 1. The van der Waals surface area contributed by atoms with Gasteiger partial charge in [-0.05, 0) is 32.9 Å². The van der Waals surface area contributed by atoms with E-state index in [1.807, 2.05) is 26.0 Å². The van der Waals surface area contributed by atoms with Crippen LogP contribution in [0.25, 0.3) is 10.6 Å². The smallest absolute Gasteiger partial charge is 0.358 e. The summed E-state index contributed by atoms with van der Waals surface area (Å²) in [6.07, 6.45) is 0.609. The van der Waals surface area contributed by atoms with Crippen molar-refractivity contribution in [2.75, 3.05) is 5.32 Å². The molecule has 9 heteroatoms. The van der Waals surface area contributed by atoms with E-state index < -0.39 is 18.0 Å². The Hall–Kier alpha value is -2.71. The minimum atomic E-state index is -0.987. The predicted octanol–water partition coefficient (Wildman–Crippen LogP) is 4.42. The van der Waals surface area contributed by atoms with E-state index in [-0.39, 0.29) is 11.7 Å². The monoisotopic (exact) mass is 418 g/mol. The minimum absolute atomic E-state index is 0.0862. The third kappa shape index (κ3) is 4.58. The highest BCUT2D eigenvalue weighted by molar-refractivity contribution is 7.13. The highest BCUT2D eigenvalue weighted by Crippen LogP contribution is 2.26. The molecule has 0 spiro atoms. The fourth-order valence-corrected chi connectivity index (χ4v) is 3.43. The van der Waals surface area contributed by atoms with E-state index in [0.29, 0.717) is 15.8 Å². The summed E-state index contributed by atoms with van der Waals surface area (Å²) in [5, 5.41) is 9.69. The second-order valence-corrected chi connectivity index (χ2v) is 7.63. The van der Waals surface area contributed by atoms with E-state index >= 15 is 0 Å². The Morgan fingerprint density at radius 3 is 2.75 bits per heavy atom. The van der Waals surface area contributed by atoms with Gasteiger partial charge in [0, 0.05) is 28.1 Å². The first-order valence-corrected chi connectivity index (χ1v) is 9.87. The number of amides is 1.